The Morgan fingerprint density at radius 2 is 2.05 bits per heavy atom. The number of nitrogens with zero attached hydrogens (tertiary/aromatic N) is 1. The predicted molar refractivity (Wildman–Crippen MR) is 78.4 cm³/mol. The number of fused-ring (bicyclic) bond motifs is 1. The molecule has 0 unspecified atom stereocenters. The highest BCUT2D eigenvalue weighted by Gasteiger charge is 2.12. The molecular weight excluding hydrogens is 294 g/mol. The number of aromatic nitrogens is 1. The van der Waals surface area contributed by atoms with Crippen LogP contribution in [0.4, 0.5) is 0 Å². The zero-order valence-electron chi connectivity index (χ0n) is 11.7. The van der Waals surface area contributed by atoms with Crippen LogP contribution in [-0.4, -0.2) is 30.6 Å². The molecule has 21 heavy (non-hydrogen) atoms. The van der Waals surface area contributed by atoms with E-state index in [1.54, 1.807) is 31.2 Å². The van der Waals surface area contributed by atoms with Gasteiger partial charge in [0.15, 0.2) is 0 Å². The summed E-state index contributed by atoms with van der Waals surface area (Å²) in [4.78, 5) is 27.4. The Hall–Kier alpha value is -2.14. The van der Waals surface area contributed by atoms with Crippen molar-refractivity contribution >= 4 is 34.4 Å². The van der Waals surface area contributed by atoms with Gasteiger partial charge in [-0.3, -0.25) is 9.78 Å². The van der Waals surface area contributed by atoms with Gasteiger partial charge in [-0.1, -0.05) is 17.7 Å². The molecule has 0 N–H and O–H groups in total. The van der Waals surface area contributed by atoms with Gasteiger partial charge in [0.25, 0.3) is 0 Å². The molecule has 1 heterocycles. The number of ether oxygens (including phenoxy) is 2. The average molecular weight is 308 g/mol. The Morgan fingerprint density at radius 3 is 2.71 bits per heavy atom. The van der Waals surface area contributed by atoms with E-state index in [1.165, 1.54) is 7.11 Å². The number of esters is 2. The number of pyridine rings is 1. The highest BCUT2D eigenvalue weighted by molar-refractivity contribution is 6.35. The third kappa shape index (κ3) is 3.49. The summed E-state index contributed by atoms with van der Waals surface area (Å²) < 4.78 is 9.55. The molecule has 0 aliphatic heterocycles. The molecule has 0 aliphatic rings. The quantitative estimate of drug-likeness (QED) is 0.813. The molecule has 0 radical (unpaired) electrons. The van der Waals surface area contributed by atoms with Crippen molar-refractivity contribution in [2.75, 3.05) is 13.7 Å². The third-order valence-corrected chi connectivity index (χ3v) is 3.19. The van der Waals surface area contributed by atoms with Crippen molar-refractivity contribution in [3.63, 3.8) is 0 Å². The number of carbonyl (C=O) groups is 2. The SMILES string of the molecule is CCOC(=O)c1ccc2c(Cl)cc(CC(=O)OC)nc2c1. The summed E-state index contributed by atoms with van der Waals surface area (Å²) in [6, 6.07) is 6.55. The van der Waals surface area contributed by atoms with Crippen LogP contribution in [0.3, 0.4) is 0 Å². The lowest BCUT2D eigenvalue weighted by atomic mass is 10.1. The third-order valence-electron chi connectivity index (χ3n) is 2.88. The second kappa shape index (κ2) is 6.54. The number of methoxy groups -OCH3 is 1. The molecule has 0 amide bonds. The van der Waals surface area contributed by atoms with Crippen molar-refractivity contribution in [3.8, 4) is 0 Å². The second-order valence-electron chi connectivity index (χ2n) is 4.30. The van der Waals surface area contributed by atoms with Gasteiger partial charge in [-0.2, -0.15) is 0 Å². The zero-order chi connectivity index (χ0) is 15.4. The Bertz CT molecular complexity index is 699. The van der Waals surface area contributed by atoms with Crippen molar-refractivity contribution in [1.29, 1.82) is 0 Å². The minimum absolute atomic E-state index is 0.0236. The van der Waals surface area contributed by atoms with Gasteiger partial charge >= 0.3 is 11.9 Å². The number of benzene rings is 1. The smallest absolute Gasteiger partial charge is 0.338 e. The number of hydrogen-bond acceptors (Lipinski definition) is 5. The van der Waals surface area contributed by atoms with Gasteiger partial charge in [0.2, 0.25) is 0 Å². The first-order valence-corrected chi connectivity index (χ1v) is 6.76. The van der Waals surface area contributed by atoms with E-state index in [2.05, 4.69) is 9.72 Å². The van der Waals surface area contributed by atoms with Gasteiger partial charge in [0.1, 0.15) is 0 Å². The number of halogens is 1. The van der Waals surface area contributed by atoms with E-state index in [0.29, 0.717) is 33.8 Å². The van der Waals surface area contributed by atoms with Crippen LogP contribution >= 0.6 is 11.6 Å². The maximum Gasteiger partial charge on any atom is 0.338 e. The monoisotopic (exact) mass is 307 g/mol. The molecule has 0 aliphatic carbocycles. The molecule has 1 aromatic heterocycles. The predicted octanol–water partition coefficient (Wildman–Crippen LogP) is 2.78. The Labute approximate surface area is 126 Å². The van der Waals surface area contributed by atoms with Crippen LogP contribution in [0.1, 0.15) is 23.0 Å². The zero-order valence-corrected chi connectivity index (χ0v) is 12.4. The lowest BCUT2D eigenvalue weighted by molar-refractivity contribution is -0.139. The minimum Gasteiger partial charge on any atom is -0.469 e. The maximum atomic E-state index is 11.7. The van der Waals surface area contributed by atoms with Gasteiger partial charge in [-0.25, -0.2) is 4.79 Å². The molecule has 6 heteroatoms. The summed E-state index contributed by atoms with van der Waals surface area (Å²) in [6.45, 7) is 2.04. The minimum atomic E-state index is -0.421. The van der Waals surface area contributed by atoms with Gasteiger partial charge < -0.3 is 9.47 Å². The molecule has 5 nitrogen and oxygen atoms in total. The topological polar surface area (TPSA) is 65.5 Å². The summed E-state index contributed by atoms with van der Waals surface area (Å²) in [5.74, 6) is -0.824. The van der Waals surface area contributed by atoms with E-state index in [0.717, 1.165) is 0 Å². The summed E-state index contributed by atoms with van der Waals surface area (Å²) in [5.41, 5.74) is 1.41. The number of carbonyl (C=O) groups excluding carboxylic acids is 2. The molecule has 1 aromatic carbocycles. The molecule has 2 rings (SSSR count). The van der Waals surface area contributed by atoms with Crippen molar-refractivity contribution in [2.45, 2.75) is 13.3 Å². The first kappa shape index (κ1) is 15.3. The van der Waals surface area contributed by atoms with Crippen molar-refractivity contribution in [1.82, 2.24) is 4.98 Å². The van der Waals surface area contributed by atoms with E-state index in [-0.39, 0.29) is 6.42 Å². The number of rotatable bonds is 4. The van der Waals surface area contributed by atoms with Crippen molar-refractivity contribution in [3.05, 3.63) is 40.5 Å². The van der Waals surface area contributed by atoms with Crippen molar-refractivity contribution < 1.29 is 19.1 Å². The molecule has 0 saturated heterocycles. The highest BCUT2D eigenvalue weighted by Crippen LogP contribution is 2.24. The van der Waals surface area contributed by atoms with Crippen LogP contribution in [-0.2, 0) is 20.7 Å². The molecular formula is C15H14ClNO4. The highest BCUT2D eigenvalue weighted by atomic mass is 35.5. The van der Waals surface area contributed by atoms with Gasteiger partial charge in [0, 0.05) is 5.39 Å². The maximum absolute atomic E-state index is 11.7. The van der Waals surface area contributed by atoms with Gasteiger partial charge in [-0.15, -0.1) is 0 Å². The second-order valence-corrected chi connectivity index (χ2v) is 4.71. The molecule has 0 bridgehead atoms. The number of hydrogen-bond donors (Lipinski definition) is 0. The van der Waals surface area contributed by atoms with Crippen LogP contribution in [0.5, 0.6) is 0 Å². The lowest BCUT2D eigenvalue weighted by Gasteiger charge is -2.07. The van der Waals surface area contributed by atoms with E-state index in [1.807, 2.05) is 0 Å². The first-order valence-electron chi connectivity index (χ1n) is 6.38. The molecule has 2 aromatic rings. The summed E-state index contributed by atoms with van der Waals surface area (Å²) in [7, 11) is 1.31. The van der Waals surface area contributed by atoms with E-state index < -0.39 is 11.9 Å². The van der Waals surface area contributed by atoms with Crippen LogP contribution in [0.25, 0.3) is 10.9 Å². The van der Waals surface area contributed by atoms with E-state index >= 15 is 0 Å². The molecule has 0 saturated carbocycles. The Morgan fingerprint density at radius 1 is 1.29 bits per heavy atom. The average Bonchev–Trinajstić information content (AvgIpc) is 2.46. The van der Waals surface area contributed by atoms with E-state index in [4.69, 9.17) is 16.3 Å². The van der Waals surface area contributed by atoms with Crippen LogP contribution in [0, 0.1) is 0 Å². The molecule has 0 atom stereocenters. The van der Waals surface area contributed by atoms with Crippen molar-refractivity contribution in [2.24, 2.45) is 0 Å². The fourth-order valence-electron chi connectivity index (χ4n) is 1.89. The standard InChI is InChI=1S/C15H14ClNO4/c1-3-21-15(19)9-4-5-11-12(16)7-10(8-14(18)20-2)17-13(11)6-9/h4-7H,3,8H2,1-2H3. The molecule has 0 spiro atoms. The molecule has 0 fully saturated rings. The van der Waals surface area contributed by atoms with E-state index in [9.17, 15) is 9.59 Å². The Kier molecular flexibility index (Phi) is 4.75. The van der Waals surface area contributed by atoms with Crippen LogP contribution in [0.2, 0.25) is 5.02 Å². The fraction of sp³-hybridized carbons (Fsp3) is 0.267. The van der Waals surface area contributed by atoms with Gasteiger partial charge in [-0.05, 0) is 25.1 Å². The first-order chi connectivity index (χ1) is 10.0. The summed E-state index contributed by atoms with van der Waals surface area (Å²) in [5, 5.41) is 1.17. The van der Waals surface area contributed by atoms with Gasteiger partial charge in [0.05, 0.1) is 41.9 Å². The summed E-state index contributed by atoms with van der Waals surface area (Å²) >= 11 is 6.17. The normalized spacial score (nSPS) is 10.4. The molecule has 110 valence electrons. The fourth-order valence-corrected chi connectivity index (χ4v) is 2.17. The van der Waals surface area contributed by atoms with Crippen LogP contribution < -0.4 is 0 Å². The lowest BCUT2D eigenvalue weighted by Crippen LogP contribution is -2.07. The largest absolute Gasteiger partial charge is 0.469 e. The summed E-state index contributed by atoms with van der Waals surface area (Å²) in [6.07, 6.45) is 0.0236. The Balaban J connectivity index is 2.44. The van der Waals surface area contributed by atoms with Crippen LogP contribution in [0.15, 0.2) is 24.3 Å².